The van der Waals surface area contributed by atoms with Gasteiger partial charge in [0.05, 0.1) is 11.9 Å². The molecule has 0 atom stereocenters. The van der Waals surface area contributed by atoms with Crippen LogP contribution in [0.4, 0.5) is 0 Å². The topological polar surface area (TPSA) is 60.9 Å². The first kappa shape index (κ1) is 10.9. The summed E-state index contributed by atoms with van der Waals surface area (Å²) in [6.07, 6.45) is 1.65. The van der Waals surface area contributed by atoms with Crippen molar-refractivity contribution in [1.29, 1.82) is 0 Å². The molecule has 5 heteroatoms. The van der Waals surface area contributed by atoms with Gasteiger partial charge in [0.2, 0.25) is 5.65 Å². The molecule has 0 N–H and O–H groups in total. The quantitative estimate of drug-likeness (QED) is 0.779. The Balaban J connectivity index is 2.75. The Labute approximate surface area is 93.1 Å². The molecule has 0 aliphatic heterocycles. The van der Waals surface area contributed by atoms with E-state index in [0.717, 1.165) is 5.69 Å². The van der Waals surface area contributed by atoms with Gasteiger partial charge in [-0.1, -0.05) is 13.8 Å². The minimum Gasteiger partial charge on any atom is -0.387 e. The van der Waals surface area contributed by atoms with Crippen molar-refractivity contribution >= 4 is 11.4 Å². The molecule has 86 valence electrons. The molecule has 2 aromatic heterocycles. The van der Waals surface area contributed by atoms with Crippen molar-refractivity contribution in [1.82, 2.24) is 14.5 Å². The number of nitrogens with zero attached hydrogens (tertiary/aromatic N) is 3. The maximum Gasteiger partial charge on any atom is 0.422 e. The van der Waals surface area contributed by atoms with Crippen LogP contribution >= 0.6 is 0 Å². The van der Waals surface area contributed by atoms with Crippen molar-refractivity contribution in [2.45, 2.75) is 39.7 Å². The zero-order chi connectivity index (χ0) is 11.9. The maximum atomic E-state index is 11.6. The number of hydrogen-bond donors (Lipinski definition) is 0. The number of hydrogen-bond acceptors (Lipinski definition) is 4. The van der Waals surface area contributed by atoms with Gasteiger partial charge < -0.3 is 4.42 Å². The Kier molecular flexibility index (Phi) is 2.53. The minimum absolute atomic E-state index is 0.0189. The van der Waals surface area contributed by atoms with Crippen LogP contribution in [0, 0.1) is 0 Å². The summed E-state index contributed by atoms with van der Waals surface area (Å²) in [5.74, 6) is -0.117. The Hall–Kier alpha value is -1.65. The van der Waals surface area contributed by atoms with Crippen LogP contribution in [0.3, 0.4) is 0 Å². The first-order chi connectivity index (χ1) is 7.50. The van der Waals surface area contributed by atoms with Crippen LogP contribution in [0.1, 0.15) is 45.3 Å². The normalized spacial score (nSPS) is 11.9. The van der Waals surface area contributed by atoms with E-state index in [4.69, 9.17) is 4.42 Å². The van der Waals surface area contributed by atoms with Crippen LogP contribution in [0.15, 0.2) is 15.4 Å². The molecule has 0 aromatic carbocycles. The summed E-state index contributed by atoms with van der Waals surface area (Å²) in [5, 5.41) is 0. The molecule has 2 heterocycles. The van der Waals surface area contributed by atoms with Crippen molar-refractivity contribution in [2.75, 3.05) is 0 Å². The monoisotopic (exact) mass is 221 g/mol. The van der Waals surface area contributed by atoms with E-state index in [9.17, 15) is 4.79 Å². The third kappa shape index (κ3) is 1.62. The standard InChI is InChI=1S/C11H15N3O2/c1-6(2)8-5-12-10-9(13-8)14(7(3)4)11(15)16-10/h5-7H,1-4H3. The minimum atomic E-state index is -0.397. The van der Waals surface area contributed by atoms with Gasteiger partial charge >= 0.3 is 5.76 Å². The van der Waals surface area contributed by atoms with E-state index < -0.39 is 5.76 Å². The average molecular weight is 221 g/mol. The summed E-state index contributed by atoms with van der Waals surface area (Å²) in [6, 6.07) is 0.0189. The Bertz CT molecular complexity index is 566. The first-order valence-electron chi connectivity index (χ1n) is 5.38. The molecule has 0 aliphatic rings. The maximum absolute atomic E-state index is 11.6. The zero-order valence-corrected chi connectivity index (χ0v) is 9.89. The fourth-order valence-corrected chi connectivity index (χ4v) is 1.56. The van der Waals surface area contributed by atoms with Crippen LogP contribution < -0.4 is 5.76 Å². The molecule has 0 unspecified atom stereocenters. The van der Waals surface area contributed by atoms with E-state index in [1.807, 2.05) is 27.7 Å². The van der Waals surface area contributed by atoms with Gasteiger partial charge in [-0.3, -0.25) is 4.57 Å². The van der Waals surface area contributed by atoms with Gasteiger partial charge in [-0.2, -0.15) is 0 Å². The molecule has 16 heavy (non-hydrogen) atoms. The predicted molar refractivity (Wildman–Crippen MR) is 60.5 cm³/mol. The summed E-state index contributed by atoms with van der Waals surface area (Å²) >= 11 is 0. The van der Waals surface area contributed by atoms with Crippen molar-refractivity contribution in [3.05, 3.63) is 22.4 Å². The largest absolute Gasteiger partial charge is 0.422 e. The van der Waals surface area contributed by atoms with Crippen LogP contribution in [-0.2, 0) is 0 Å². The van der Waals surface area contributed by atoms with E-state index in [1.165, 1.54) is 4.57 Å². The van der Waals surface area contributed by atoms with Crippen LogP contribution in [0.25, 0.3) is 11.4 Å². The lowest BCUT2D eigenvalue weighted by molar-refractivity contribution is 0.473. The highest BCUT2D eigenvalue weighted by Crippen LogP contribution is 2.16. The van der Waals surface area contributed by atoms with E-state index in [0.29, 0.717) is 11.4 Å². The molecular weight excluding hydrogens is 206 g/mol. The molecule has 0 saturated heterocycles. The molecule has 0 aliphatic carbocycles. The number of rotatable bonds is 2. The van der Waals surface area contributed by atoms with Gasteiger partial charge in [0.15, 0.2) is 0 Å². The van der Waals surface area contributed by atoms with Gasteiger partial charge in [-0.25, -0.2) is 14.8 Å². The third-order valence-corrected chi connectivity index (χ3v) is 2.46. The molecular formula is C11H15N3O2. The summed E-state index contributed by atoms with van der Waals surface area (Å²) in [6.45, 7) is 7.90. The Morgan fingerprint density at radius 1 is 1.31 bits per heavy atom. The second kappa shape index (κ2) is 3.73. The second-order valence-electron chi connectivity index (χ2n) is 4.41. The van der Waals surface area contributed by atoms with Gasteiger partial charge in [0.1, 0.15) is 0 Å². The summed E-state index contributed by atoms with van der Waals surface area (Å²) < 4.78 is 6.55. The van der Waals surface area contributed by atoms with E-state index >= 15 is 0 Å². The SMILES string of the molecule is CC(C)c1cnc2oc(=O)n(C(C)C)c2n1. The van der Waals surface area contributed by atoms with Gasteiger partial charge in [0, 0.05) is 6.04 Å². The molecule has 0 bridgehead atoms. The van der Waals surface area contributed by atoms with Gasteiger partial charge in [-0.15, -0.1) is 0 Å². The van der Waals surface area contributed by atoms with Gasteiger partial charge in [0.25, 0.3) is 5.71 Å². The molecule has 0 fully saturated rings. The van der Waals surface area contributed by atoms with Crippen LogP contribution in [-0.4, -0.2) is 14.5 Å². The molecule has 0 amide bonds. The first-order valence-corrected chi connectivity index (χ1v) is 5.38. The summed E-state index contributed by atoms with van der Waals surface area (Å²) in [5.41, 5.74) is 1.71. The second-order valence-corrected chi connectivity index (χ2v) is 4.41. The number of aromatic nitrogens is 3. The Morgan fingerprint density at radius 2 is 2.00 bits per heavy atom. The fourth-order valence-electron chi connectivity index (χ4n) is 1.56. The Morgan fingerprint density at radius 3 is 2.56 bits per heavy atom. The highest BCUT2D eigenvalue weighted by atomic mass is 16.4. The molecule has 0 radical (unpaired) electrons. The zero-order valence-electron chi connectivity index (χ0n) is 9.89. The molecule has 0 saturated carbocycles. The summed E-state index contributed by atoms with van der Waals surface area (Å²) in [4.78, 5) is 20.1. The van der Waals surface area contributed by atoms with E-state index in [2.05, 4.69) is 9.97 Å². The van der Waals surface area contributed by atoms with Crippen molar-refractivity contribution in [3.8, 4) is 0 Å². The van der Waals surface area contributed by atoms with E-state index in [1.54, 1.807) is 6.20 Å². The van der Waals surface area contributed by atoms with Crippen molar-refractivity contribution < 1.29 is 4.42 Å². The fraction of sp³-hybridized carbons (Fsp3) is 0.545. The van der Waals surface area contributed by atoms with Gasteiger partial charge in [-0.05, 0) is 19.8 Å². The number of oxazole rings is 1. The highest BCUT2D eigenvalue weighted by molar-refractivity contribution is 5.62. The smallest absolute Gasteiger partial charge is 0.387 e. The van der Waals surface area contributed by atoms with Crippen LogP contribution in [0.2, 0.25) is 0 Å². The van der Waals surface area contributed by atoms with Crippen LogP contribution in [0.5, 0.6) is 0 Å². The third-order valence-electron chi connectivity index (χ3n) is 2.46. The van der Waals surface area contributed by atoms with E-state index in [-0.39, 0.29) is 12.0 Å². The molecule has 2 rings (SSSR count). The lowest BCUT2D eigenvalue weighted by atomic mass is 10.1. The molecule has 0 spiro atoms. The lowest BCUT2D eigenvalue weighted by Gasteiger charge is -2.06. The summed E-state index contributed by atoms with van der Waals surface area (Å²) in [7, 11) is 0. The average Bonchev–Trinajstić information content (AvgIpc) is 2.51. The molecule has 2 aromatic rings. The number of fused-ring (bicyclic) bond motifs is 1. The van der Waals surface area contributed by atoms with Crippen molar-refractivity contribution in [2.24, 2.45) is 0 Å². The highest BCUT2D eigenvalue weighted by Gasteiger charge is 2.15. The van der Waals surface area contributed by atoms with Crippen molar-refractivity contribution in [3.63, 3.8) is 0 Å². The lowest BCUT2D eigenvalue weighted by Crippen LogP contribution is -2.16. The predicted octanol–water partition coefficient (Wildman–Crippen LogP) is 2.09. The molecule has 5 nitrogen and oxygen atoms in total.